The quantitative estimate of drug-likeness (QED) is 0.501. The number of halogens is 2. The van der Waals surface area contributed by atoms with Gasteiger partial charge < -0.3 is 5.32 Å². The Kier molecular flexibility index (Phi) is 6.68. The van der Waals surface area contributed by atoms with Gasteiger partial charge >= 0.3 is 0 Å². The summed E-state index contributed by atoms with van der Waals surface area (Å²) >= 11 is 14.6. The molecule has 1 aliphatic carbocycles. The molecule has 1 amide bonds. The summed E-state index contributed by atoms with van der Waals surface area (Å²) in [5, 5.41) is 4.11. The molecule has 0 aromatic heterocycles. The summed E-state index contributed by atoms with van der Waals surface area (Å²) in [7, 11) is 0. The summed E-state index contributed by atoms with van der Waals surface area (Å²) in [5.41, 5.74) is 5.73. The minimum atomic E-state index is -0.328. The molecule has 126 valence electrons. The van der Waals surface area contributed by atoms with E-state index in [1.165, 1.54) is 12.8 Å². The van der Waals surface area contributed by atoms with Crippen molar-refractivity contribution in [2.45, 2.75) is 39.2 Å². The number of benzene rings is 1. The highest BCUT2D eigenvalue weighted by atomic mass is 79.9. The van der Waals surface area contributed by atoms with E-state index in [1.54, 1.807) is 18.2 Å². The van der Waals surface area contributed by atoms with Gasteiger partial charge in [0.05, 0.1) is 10.6 Å². The van der Waals surface area contributed by atoms with Crippen molar-refractivity contribution in [1.82, 2.24) is 16.2 Å². The number of rotatable bonds is 2. The number of carbonyl (C=O) groups excluding carboxylic acids is 1. The summed E-state index contributed by atoms with van der Waals surface area (Å²) in [4.78, 5) is 12.2. The van der Waals surface area contributed by atoms with Crippen LogP contribution in [-0.2, 0) is 0 Å². The minimum Gasteiger partial charge on any atom is -0.358 e. The number of hydrogen-bond acceptors (Lipinski definition) is 2. The van der Waals surface area contributed by atoms with Crippen LogP contribution in [0.1, 0.15) is 43.5 Å². The Labute approximate surface area is 155 Å². The minimum absolute atomic E-state index is 0.328. The molecule has 3 N–H and O–H groups in total. The molecule has 0 bridgehead atoms. The van der Waals surface area contributed by atoms with Gasteiger partial charge in [-0.25, -0.2) is 0 Å². The summed E-state index contributed by atoms with van der Waals surface area (Å²) in [5.74, 6) is 0.906. The van der Waals surface area contributed by atoms with Gasteiger partial charge in [-0.15, -0.1) is 0 Å². The van der Waals surface area contributed by atoms with E-state index >= 15 is 0 Å². The van der Waals surface area contributed by atoms with E-state index in [0.29, 0.717) is 33.6 Å². The first-order chi connectivity index (χ1) is 10.9. The van der Waals surface area contributed by atoms with Crippen molar-refractivity contribution in [3.05, 3.63) is 33.3 Å². The highest BCUT2D eigenvalue weighted by molar-refractivity contribution is 9.10. The summed E-state index contributed by atoms with van der Waals surface area (Å²) in [6.45, 7) is 4.51. The first-order valence-electron chi connectivity index (χ1n) is 7.70. The first kappa shape index (κ1) is 18.5. The van der Waals surface area contributed by atoms with E-state index in [4.69, 9.17) is 23.8 Å². The van der Waals surface area contributed by atoms with Crippen molar-refractivity contribution in [2.75, 3.05) is 0 Å². The third kappa shape index (κ3) is 5.06. The van der Waals surface area contributed by atoms with Gasteiger partial charge in [-0.05, 0) is 48.7 Å². The molecule has 23 heavy (non-hydrogen) atoms. The van der Waals surface area contributed by atoms with Crippen molar-refractivity contribution >= 4 is 50.8 Å². The zero-order chi connectivity index (χ0) is 17.0. The second-order valence-corrected chi connectivity index (χ2v) is 7.78. The highest BCUT2D eigenvalue weighted by Gasteiger charge is 2.27. The molecule has 4 nitrogen and oxygen atoms in total. The van der Waals surface area contributed by atoms with Crippen molar-refractivity contribution in [1.29, 1.82) is 0 Å². The lowest BCUT2D eigenvalue weighted by molar-refractivity contribution is 0.0943. The van der Waals surface area contributed by atoms with Crippen LogP contribution in [0, 0.1) is 11.8 Å². The molecule has 0 unspecified atom stereocenters. The lowest BCUT2D eigenvalue weighted by Gasteiger charge is -2.35. The Morgan fingerprint density at radius 3 is 2.78 bits per heavy atom. The third-order valence-electron chi connectivity index (χ3n) is 4.49. The van der Waals surface area contributed by atoms with Gasteiger partial charge in [-0.3, -0.25) is 15.6 Å². The molecular formula is C16H21BrClN3OS. The van der Waals surface area contributed by atoms with Crippen LogP contribution in [0.5, 0.6) is 0 Å². The molecule has 1 aromatic carbocycles. The van der Waals surface area contributed by atoms with E-state index in [1.807, 2.05) is 0 Å². The normalized spacial score (nSPS) is 23.9. The lowest BCUT2D eigenvalue weighted by atomic mass is 9.78. The van der Waals surface area contributed by atoms with Crippen LogP contribution in [0.4, 0.5) is 0 Å². The predicted molar refractivity (Wildman–Crippen MR) is 101 cm³/mol. The molecule has 1 aliphatic rings. The number of carbonyl (C=O) groups is 1. The average Bonchev–Trinajstić information content (AvgIpc) is 2.52. The molecule has 0 saturated heterocycles. The fourth-order valence-corrected chi connectivity index (χ4v) is 3.61. The van der Waals surface area contributed by atoms with Crippen molar-refractivity contribution in [3.63, 3.8) is 0 Å². The number of hydrazine groups is 1. The topological polar surface area (TPSA) is 53.2 Å². The maximum Gasteiger partial charge on any atom is 0.271 e. The fraction of sp³-hybridized carbons (Fsp3) is 0.500. The van der Waals surface area contributed by atoms with Gasteiger partial charge in [0.1, 0.15) is 0 Å². The Hall–Kier alpha value is -0.850. The second-order valence-electron chi connectivity index (χ2n) is 6.05. The Balaban J connectivity index is 1.86. The molecule has 0 spiro atoms. The molecule has 2 rings (SSSR count). The zero-order valence-electron chi connectivity index (χ0n) is 13.2. The number of hydrogen-bond donors (Lipinski definition) is 3. The van der Waals surface area contributed by atoms with Crippen LogP contribution in [0.2, 0.25) is 5.02 Å². The van der Waals surface area contributed by atoms with E-state index in [-0.39, 0.29) is 5.91 Å². The Bertz CT molecular complexity index is 599. The van der Waals surface area contributed by atoms with E-state index in [9.17, 15) is 4.79 Å². The van der Waals surface area contributed by atoms with Crippen molar-refractivity contribution in [3.8, 4) is 0 Å². The van der Waals surface area contributed by atoms with Crippen LogP contribution in [0.25, 0.3) is 0 Å². The van der Waals surface area contributed by atoms with Crippen LogP contribution in [-0.4, -0.2) is 17.1 Å². The van der Waals surface area contributed by atoms with Crippen molar-refractivity contribution in [2.24, 2.45) is 11.8 Å². The van der Waals surface area contributed by atoms with Crippen LogP contribution in [0.3, 0.4) is 0 Å². The Morgan fingerprint density at radius 1 is 1.30 bits per heavy atom. The van der Waals surface area contributed by atoms with Crippen LogP contribution < -0.4 is 16.2 Å². The molecule has 7 heteroatoms. The molecule has 3 atom stereocenters. The van der Waals surface area contributed by atoms with Gasteiger partial charge in [0.2, 0.25) is 0 Å². The van der Waals surface area contributed by atoms with Gasteiger partial charge in [0, 0.05) is 10.5 Å². The maximum atomic E-state index is 12.2. The van der Waals surface area contributed by atoms with Gasteiger partial charge in [0.15, 0.2) is 5.11 Å². The largest absolute Gasteiger partial charge is 0.358 e. The zero-order valence-corrected chi connectivity index (χ0v) is 16.3. The summed E-state index contributed by atoms with van der Waals surface area (Å²) in [6.07, 6.45) is 3.56. The molecule has 0 aliphatic heterocycles. The monoisotopic (exact) mass is 417 g/mol. The summed E-state index contributed by atoms with van der Waals surface area (Å²) < 4.78 is 0.790. The van der Waals surface area contributed by atoms with E-state index in [0.717, 1.165) is 10.9 Å². The van der Waals surface area contributed by atoms with Gasteiger partial charge in [-0.2, -0.15) is 0 Å². The average molecular weight is 419 g/mol. The highest BCUT2D eigenvalue weighted by Crippen LogP contribution is 2.29. The molecule has 1 fully saturated rings. The predicted octanol–water partition coefficient (Wildman–Crippen LogP) is 4.04. The van der Waals surface area contributed by atoms with E-state index in [2.05, 4.69) is 45.9 Å². The molecule has 1 saturated carbocycles. The van der Waals surface area contributed by atoms with E-state index < -0.39 is 0 Å². The maximum absolute atomic E-state index is 12.2. The third-order valence-corrected chi connectivity index (χ3v) is 5.53. The van der Waals surface area contributed by atoms with Gasteiger partial charge in [0.25, 0.3) is 5.91 Å². The summed E-state index contributed by atoms with van der Waals surface area (Å²) in [6, 6.07) is 5.46. The second kappa shape index (κ2) is 8.31. The molecule has 0 heterocycles. The number of amides is 1. The first-order valence-corrected chi connectivity index (χ1v) is 9.28. The molecule has 0 radical (unpaired) electrons. The van der Waals surface area contributed by atoms with Gasteiger partial charge in [-0.1, -0.05) is 54.2 Å². The lowest BCUT2D eigenvalue weighted by Crippen LogP contribution is -2.52. The molecule has 1 aromatic rings. The van der Waals surface area contributed by atoms with Crippen LogP contribution >= 0.6 is 39.7 Å². The SMILES string of the molecule is C[C@@H]1[C@H](C)CCC[C@H]1NC(=S)NNC(=O)c1cc(Br)ccc1Cl. The van der Waals surface area contributed by atoms with Crippen LogP contribution in [0.15, 0.2) is 22.7 Å². The smallest absolute Gasteiger partial charge is 0.271 e. The standard InChI is InChI=1S/C16H21BrClN3OS/c1-9-4-3-5-14(10(9)2)19-16(23)21-20-15(22)12-8-11(17)6-7-13(12)18/h6-10,14H,3-5H2,1-2H3,(H,20,22)(H2,19,21,23)/t9-,10-,14-/m1/s1. The molecular weight excluding hydrogens is 398 g/mol. The number of thiocarbonyl (C=S) groups is 1. The van der Waals surface area contributed by atoms with Crippen molar-refractivity contribution < 1.29 is 4.79 Å². The Morgan fingerprint density at radius 2 is 2.04 bits per heavy atom. The number of nitrogens with one attached hydrogen (secondary N) is 3. The fourth-order valence-electron chi connectivity index (χ4n) is 2.84.